The molecule has 2 heterocycles. The van der Waals surface area contributed by atoms with E-state index in [0.29, 0.717) is 12.6 Å². The van der Waals surface area contributed by atoms with E-state index in [1.165, 1.54) is 11.0 Å². The van der Waals surface area contributed by atoms with Gasteiger partial charge in [-0.3, -0.25) is 15.6 Å². The lowest BCUT2D eigenvalue weighted by Gasteiger charge is -2.33. The number of hydrogen-bond acceptors (Lipinski definition) is 5. The molecule has 1 aromatic carbocycles. The van der Waals surface area contributed by atoms with E-state index in [0.717, 1.165) is 63.0 Å². The van der Waals surface area contributed by atoms with Crippen molar-refractivity contribution in [2.24, 2.45) is 0 Å². The van der Waals surface area contributed by atoms with Gasteiger partial charge >= 0.3 is 6.18 Å². The molecule has 0 spiro atoms. The summed E-state index contributed by atoms with van der Waals surface area (Å²) < 4.78 is 53.0. The maximum Gasteiger partial charge on any atom is 0.419 e. The van der Waals surface area contributed by atoms with Crippen LogP contribution in [0.15, 0.2) is 24.3 Å². The molecule has 2 N–H and O–H groups in total. The smallest absolute Gasteiger partial charge is 0.309 e. The van der Waals surface area contributed by atoms with Gasteiger partial charge in [0.2, 0.25) is 11.9 Å². The Hall–Kier alpha value is -2.79. The molecule has 1 aliphatic heterocycles. The number of anilines is 2. The number of guanidine groups is 1. The highest BCUT2D eigenvalue weighted by Crippen LogP contribution is 2.36. The first kappa shape index (κ1) is 24.3. The predicted molar refractivity (Wildman–Crippen MR) is 122 cm³/mol. The van der Waals surface area contributed by atoms with Gasteiger partial charge in [-0.25, -0.2) is 14.4 Å². The van der Waals surface area contributed by atoms with Crippen LogP contribution in [0.25, 0.3) is 0 Å². The molecule has 4 rings (SSSR count). The summed E-state index contributed by atoms with van der Waals surface area (Å²) in [4.78, 5) is 15.1. The Bertz CT molecular complexity index is 1030. The van der Waals surface area contributed by atoms with Crippen LogP contribution >= 0.6 is 0 Å². The lowest BCUT2D eigenvalue weighted by atomic mass is 10.1. The number of likely N-dealkylation sites (N-methyl/N-ethyl adjacent to an activating group) is 1. The van der Waals surface area contributed by atoms with Crippen molar-refractivity contribution < 1.29 is 17.6 Å². The van der Waals surface area contributed by atoms with Crippen molar-refractivity contribution in [2.75, 3.05) is 42.9 Å². The lowest BCUT2D eigenvalue weighted by molar-refractivity contribution is -0.139. The summed E-state index contributed by atoms with van der Waals surface area (Å²) in [7, 11) is 0. The SMILES string of the molecule is CCN1CCN(Cc2cc(C)nc(NC(=N)N(c3ccc(C(F)(F)F)c(F)c3)C3CC3)n2)CC1. The summed E-state index contributed by atoms with van der Waals surface area (Å²) in [5.41, 5.74) is 0.433. The van der Waals surface area contributed by atoms with E-state index in [1.54, 1.807) is 0 Å². The molecule has 2 fully saturated rings. The molecule has 2 aliphatic rings. The minimum Gasteiger partial charge on any atom is -0.309 e. The summed E-state index contributed by atoms with van der Waals surface area (Å²) in [6.07, 6.45) is -3.25. The zero-order valence-electron chi connectivity index (χ0n) is 19.3. The van der Waals surface area contributed by atoms with Crippen LogP contribution in [-0.2, 0) is 12.7 Å². The number of rotatable bonds is 6. The Morgan fingerprint density at radius 2 is 1.79 bits per heavy atom. The van der Waals surface area contributed by atoms with Gasteiger partial charge in [-0.15, -0.1) is 0 Å². The zero-order chi connectivity index (χ0) is 24.5. The Kier molecular flexibility index (Phi) is 7.04. The van der Waals surface area contributed by atoms with Crippen molar-refractivity contribution in [3.63, 3.8) is 0 Å². The number of piperazine rings is 1. The molecule has 2 aromatic rings. The number of aryl methyl sites for hydroxylation is 1. The Morgan fingerprint density at radius 3 is 2.38 bits per heavy atom. The molecule has 1 aromatic heterocycles. The molecule has 1 aliphatic carbocycles. The van der Waals surface area contributed by atoms with Gasteiger partial charge in [-0.05, 0) is 50.6 Å². The molecule has 0 atom stereocenters. The van der Waals surface area contributed by atoms with Gasteiger partial charge in [0.1, 0.15) is 5.82 Å². The molecule has 7 nitrogen and oxygen atoms in total. The summed E-state index contributed by atoms with van der Waals surface area (Å²) in [5, 5.41) is 11.4. The maximum atomic E-state index is 14.2. The highest BCUT2D eigenvalue weighted by molar-refractivity contribution is 6.03. The quantitative estimate of drug-likeness (QED) is 0.369. The fourth-order valence-electron chi connectivity index (χ4n) is 4.17. The van der Waals surface area contributed by atoms with Gasteiger partial charge in [0, 0.05) is 50.1 Å². The summed E-state index contributed by atoms with van der Waals surface area (Å²) >= 11 is 0. The molecule has 0 bridgehead atoms. The van der Waals surface area contributed by atoms with Crippen molar-refractivity contribution >= 4 is 17.6 Å². The standard InChI is InChI=1S/C23H29F4N7/c1-3-32-8-10-33(11-9-32)14-16-12-15(2)29-22(30-16)31-21(28)34(17-4-5-17)18-6-7-19(20(24)13-18)23(25,26)27/h6-7,12-13,17H,3-5,8-11,14H2,1-2H3,(H2,28,29,30,31). The second-order valence-corrected chi connectivity index (χ2v) is 8.77. The maximum absolute atomic E-state index is 14.2. The summed E-state index contributed by atoms with van der Waals surface area (Å²) in [6, 6.07) is 4.56. The van der Waals surface area contributed by atoms with Gasteiger partial charge in [-0.1, -0.05) is 6.92 Å². The third-order valence-electron chi connectivity index (χ3n) is 6.12. The first-order valence-electron chi connectivity index (χ1n) is 11.4. The van der Waals surface area contributed by atoms with Crippen LogP contribution in [0.3, 0.4) is 0 Å². The lowest BCUT2D eigenvalue weighted by Crippen LogP contribution is -2.45. The van der Waals surface area contributed by atoms with E-state index in [9.17, 15) is 17.6 Å². The van der Waals surface area contributed by atoms with Crippen molar-refractivity contribution in [1.29, 1.82) is 5.41 Å². The van der Waals surface area contributed by atoms with Gasteiger partial charge in [0.25, 0.3) is 0 Å². The molecule has 1 saturated carbocycles. The van der Waals surface area contributed by atoms with Crippen LogP contribution in [0.4, 0.5) is 29.2 Å². The zero-order valence-corrected chi connectivity index (χ0v) is 19.3. The van der Waals surface area contributed by atoms with Crippen LogP contribution < -0.4 is 10.2 Å². The number of halogens is 4. The average Bonchev–Trinajstić information content (AvgIpc) is 3.58. The fraction of sp³-hybridized carbons (Fsp3) is 0.522. The van der Waals surface area contributed by atoms with Crippen LogP contribution in [0.2, 0.25) is 0 Å². The van der Waals surface area contributed by atoms with Crippen molar-refractivity contribution in [2.45, 2.75) is 45.5 Å². The van der Waals surface area contributed by atoms with Gasteiger partial charge in [0.15, 0.2) is 0 Å². The molecule has 0 unspecified atom stereocenters. The second kappa shape index (κ2) is 9.83. The topological polar surface area (TPSA) is 71.4 Å². The Balaban J connectivity index is 1.48. The number of benzene rings is 1. The highest BCUT2D eigenvalue weighted by atomic mass is 19.4. The summed E-state index contributed by atoms with van der Waals surface area (Å²) in [6.45, 7) is 9.62. The molecule has 0 radical (unpaired) electrons. The molecular weight excluding hydrogens is 450 g/mol. The molecule has 34 heavy (non-hydrogen) atoms. The third-order valence-corrected chi connectivity index (χ3v) is 6.12. The van der Waals surface area contributed by atoms with Crippen molar-refractivity contribution in [3.8, 4) is 0 Å². The number of hydrogen-bond donors (Lipinski definition) is 2. The Labute approximate surface area is 196 Å². The van der Waals surface area contributed by atoms with Crippen LogP contribution in [0, 0.1) is 18.2 Å². The van der Waals surface area contributed by atoms with Crippen LogP contribution in [0.5, 0.6) is 0 Å². The Morgan fingerprint density at radius 1 is 1.12 bits per heavy atom. The predicted octanol–water partition coefficient (Wildman–Crippen LogP) is 4.10. The van der Waals surface area contributed by atoms with E-state index in [2.05, 4.69) is 32.0 Å². The molecule has 11 heteroatoms. The first-order chi connectivity index (χ1) is 16.1. The van der Waals surface area contributed by atoms with Crippen LogP contribution in [0.1, 0.15) is 36.7 Å². The highest BCUT2D eigenvalue weighted by Gasteiger charge is 2.36. The normalized spacial score (nSPS) is 17.6. The number of alkyl halides is 3. The van der Waals surface area contributed by atoms with Gasteiger partial charge in [0.05, 0.1) is 11.3 Å². The minimum absolute atomic E-state index is 0.0877. The van der Waals surface area contributed by atoms with Gasteiger partial charge in [-0.2, -0.15) is 13.2 Å². The minimum atomic E-state index is -4.77. The third kappa shape index (κ3) is 5.82. The first-order valence-corrected chi connectivity index (χ1v) is 11.4. The largest absolute Gasteiger partial charge is 0.419 e. The molecule has 184 valence electrons. The van der Waals surface area contributed by atoms with E-state index in [4.69, 9.17) is 5.41 Å². The summed E-state index contributed by atoms with van der Waals surface area (Å²) in [5.74, 6) is -1.22. The number of nitrogens with zero attached hydrogens (tertiary/aromatic N) is 5. The fourth-order valence-corrected chi connectivity index (χ4v) is 4.17. The van der Waals surface area contributed by atoms with E-state index >= 15 is 0 Å². The number of nitrogens with one attached hydrogen (secondary N) is 2. The molecule has 0 amide bonds. The average molecular weight is 480 g/mol. The van der Waals surface area contributed by atoms with E-state index in [-0.39, 0.29) is 23.6 Å². The van der Waals surface area contributed by atoms with Gasteiger partial charge < -0.3 is 9.80 Å². The van der Waals surface area contributed by atoms with Crippen molar-refractivity contribution in [1.82, 2.24) is 19.8 Å². The van der Waals surface area contributed by atoms with Crippen molar-refractivity contribution in [3.05, 3.63) is 47.0 Å². The van der Waals surface area contributed by atoms with Crippen LogP contribution in [-0.4, -0.2) is 64.5 Å². The second-order valence-electron chi connectivity index (χ2n) is 8.77. The number of aromatic nitrogens is 2. The molecular formula is C23H29F4N7. The van der Waals surface area contributed by atoms with E-state index in [1.807, 2.05) is 13.0 Å². The molecule has 1 saturated heterocycles. The van der Waals surface area contributed by atoms with E-state index < -0.39 is 17.6 Å². The monoisotopic (exact) mass is 479 g/mol.